The predicted octanol–water partition coefficient (Wildman–Crippen LogP) is 4.33. The molecule has 1 N–H and O–H groups in total. The zero-order chi connectivity index (χ0) is 22.3. The van der Waals surface area contributed by atoms with Gasteiger partial charge in [-0.15, -0.1) is 0 Å². The molecule has 0 aromatic heterocycles. The van der Waals surface area contributed by atoms with Crippen LogP contribution in [-0.2, 0) is 10.7 Å². The van der Waals surface area contributed by atoms with Gasteiger partial charge in [-0.3, -0.25) is 4.79 Å². The quantitative estimate of drug-likeness (QED) is 0.406. The number of carbonyl (C=O) groups excluding carboxylic acids is 1. The standard InChI is InChI=1S/C22H27F3N4O/c1-5-10-26-20(28-11-13-29(14-12-28)21(30)16(2)15-23)17(3)27-19-8-6-18(7-9-19)22(4,24)25/h5-10,27H,2-3,11-15H2,1,4H3/b10-5-,26-20?. The number of benzene rings is 1. The van der Waals surface area contributed by atoms with Crippen molar-refractivity contribution in [2.24, 2.45) is 4.99 Å². The van der Waals surface area contributed by atoms with E-state index in [9.17, 15) is 18.0 Å². The van der Waals surface area contributed by atoms with Crippen molar-refractivity contribution in [2.75, 3.05) is 38.2 Å². The molecule has 1 aliphatic rings. The lowest BCUT2D eigenvalue weighted by atomic mass is 10.1. The van der Waals surface area contributed by atoms with Gasteiger partial charge in [0.25, 0.3) is 11.8 Å². The minimum Gasteiger partial charge on any atom is -0.353 e. The van der Waals surface area contributed by atoms with Crippen LogP contribution in [0, 0.1) is 0 Å². The summed E-state index contributed by atoms with van der Waals surface area (Å²) in [5.74, 6) is -2.71. The highest BCUT2D eigenvalue weighted by Gasteiger charge is 2.26. The number of amidine groups is 1. The normalized spacial score (nSPS) is 15.4. The molecule has 5 nitrogen and oxygen atoms in total. The van der Waals surface area contributed by atoms with Gasteiger partial charge >= 0.3 is 0 Å². The fourth-order valence-corrected chi connectivity index (χ4v) is 2.97. The largest absolute Gasteiger partial charge is 0.353 e. The molecule has 0 saturated carbocycles. The Balaban J connectivity index is 2.08. The number of piperazine rings is 1. The highest BCUT2D eigenvalue weighted by Crippen LogP contribution is 2.28. The van der Waals surface area contributed by atoms with Crippen LogP contribution in [0.1, 0.15) is 19.4 Å². The van der Waals surface area contributed by atoms with Crippen molar-refractivity contribution < 1.29 is 18.0 Å². The molecule has 8 heteroatoms. The van der Waals surface area contributed by atoms with Crippen LogP contribution in [-0.4, -0.2) is 54.4 Å². The third kappa shape index (κ3) is 5.98. The summed E-state index contributed by atoms with van der Waals surface area (Å²) in [7, 11) is 0. The lowest BCUT2D eigenvalue weighted by Gasteiger charge is -2.37. The third-order valence-electron chi connectivity index (χ3n) is 4.63. The number of nitrogens with zero attached hydrogens (tertiary/aromatic N) is 3. The Kier molecular flexibility index (Phi) is 7.86. The molecule has 30 heavy (non-hydrogen) atoms. The smallest absolute Gasteiger partial charge is 0.270 e. The van der Waals surface area contributed by atoms with Gasteiger partial charge in [0.1, 0.15) is 6.67 Å². The van der Waals surface area contributed by atoms with Crippen molar-refractivity contribution in [3.05, 3.63) is 66.5 Å². The van der Waals surface area contributed by atoms with Crippen LogP contribution in [0.4, 0.5) is 18.9 Å². The maximum absolute atomic E-state index is 13.4. The Hall–Kier alpha value is -3.03. The number of hydrogen-bond acceptors (Lipinski definition) is 3. The number of carbonyl (C=O) groups is 1. The van der Waals surface area contributed by atoms with Crippen molar-refractivity contribution in [3.63, 3.8) is 0 Å². The summed E-state index contributed by atoms with van der Waals surface area (Å²) >= 11 is 0. The lowest BCUT2D eigenvalue weighted by Crippen LogP contribution is -2.51. The maximum Gasteiger partial charge on any atom is 0.270 e. The van der Waals surface area contributed by atoms with Crippen molar-refractivity contribution in [2.45, 2.75) is 19.8 Å². The van der Waals surface area contributed by atoms with Gasteiger partial charge in [0, 0.05) is 56.1 Å². The first-order valence-electron chi connectivity index (χ1n) is 9.59. The molecule has 0 atom stereocenters. The monoisotopic (exact) mass is 420 g/mol. The SMILES string of the molecule is C=C(CF)C(=O)N1CCN(C(=N/C=C\C)C(=C)Nc2ccc(C(C)(F)F)cc2)CC1. The number of nitrogens with one attached hydrogen (secondary N) is 1. The highest BCUT2D eigenvalue weighted by molar-refractivity contribution is 6.01. The van der Waals surface area contributed by atoms with Gasteiger partial charge in [-0.1, -0.05) is 31.4 Å². The molecule has 0 spiro atoms. The number of allylic oxidation sites excluding steroid dienone is 1. The van der Waals surface area contributed by atoms with Gasteiger partial charge in [0.2, 0.25) is 0 Å². The summed E-state index contributed by atoms with van der Waals surface area (Å²) < 4.78 is 39.5. The molecule has 0 radical (unpaired) electrons. The molecule has 1 aromatic carbocycles. The van der Waals surface area contributed by atoms with E-state index in [0.717, 1.165) is 6.92 Å². The number of rotatable bonds is 7. The number of amides is 1. The molecule has 2 rings (SSSR count). The summed E-state index contributed by atoms with van der Waals surface area (Å²) in [6, 6.07) is 5.84. The van der Waals surface area contributed by atoms with Crippen LogP contribution in [0.25, 0.3) is 0 Å². The highest BCUT2D eigenvalue weighted by atomic mass is 19.3. The van der Waals surface area contributed by atoms with Crippen LogP contribution in [0.15, 0.2) is 66.0 Å². The van der Waals surface area contributed by atoms with E-state index in [2.05, 4.69) is 23.5 Å². The molecular formula is C22H27F3N4O. The molecule has 1 aromatic rings. The fraction of sp³-hybridized carbons (Fsp3) is 0.364. The summed E-state index contributed by atoms with van der Waals surface area (Å²) in [6.07, 6.45) is 3.40. The topological polar surface area (TPSA) is 47.9 Å². The molecule has 162 valence electrons. The molecule has 0 bridgehead atoms. The zero-order valence-electron chi connectivity index (χ0n) is 17.3. The fourth-order valence-electron chi connectivity index (χ4n) is 2.97. The third-order valence-corrected chi connectivity index (χ3v) is 4.63. The van der Waals surface area contributed by atoms with E-state index in [0.29, 0.717) is 43.4 Å². The molecule has 1 heterocycles. The van der Waals surface area contributed by atoms with E-state index in [4.69, 9.17) is 0 Å². The Morgan fingerprint density at radius 2 is 1.73 bits per heavy atom. The lowest BCUT2D eigenvalue weighted by molar-refractivity contribution is -0.128. The summed E-state index contributed by atoms with van der Waals surface area (Å²) in [5, 5.41) is 3.10. The minimum atomic E-state index is -2.90. The Bertz CT molecular complexity index is 833. The maximum atomic E-state index is 13.4. The zero-order valence-corrected chi connectivity index (χ0v) is 17.3. The average molecular weight is 420 g/mol. The second kappa shape index (κ2) is 10.1. The predicted molar refractivity (Wildman–Crippen MR) is 114 cm³/mol. The van der Waals surface area contributed by atoms with Crippen LogP contribution >= 0.6 is 0 Å². The number of halogens is 3. The molecule has 1 saturated heterocycles. The number of hydrogen-bond donors (Lipinski definition) is 1. The van der Waals surface area contributed by atoms with Gasteiger partial charge in [0.05, 0.1) is 5.70 Å². The van der Waals surface area contributed by atoms with Gasteiger partial charge in [-0.2, -0.15) is 0 Å². The first kappa shape index (κ1) is 23.3. The van der Waals surface area contributed by atoms with Crippen molar-refractivity contribution >= 4 is 17.4 Å². The molecule has 1 fully saturated rings. The second-order valence-corrected chi connectivity index (χ2v) is 7.02. The average Bonchev–Trinajstić information content (AvgIpc) is 2.73. The molecule has 1 aliphatic heterocycles. The van der Waals surface area contributed by atoms with Gasteiger partial charge < -0.3 is 15.1 Å². The van der Waals surface area contributed by atoms with E-state index in [1.54, 1.807) is 29.3 Å². The number of anilines is 1. The van der Waals surface area contributed by atoms with Crippen LogP contribution < -0.4 is 5.32 Å². The van der Waals surface area contributed by atoms with Gasteiger partial charge in [-0.05, 0) is 19.1 Å². The summed E-state index contributed by atoms with van der Waals surface area (Å²) in [5.41, 5.74) is 0.974. The molecular weight excluding hydrogens is 393 g/mol. The van der Waals surface area contributed by atoms with Gasteiger partial charge in [-0.25, -0.2) is 18.2 Å². The van der Waals surface area contributed by atoms with Crippen molar-refractivity contribution in [1.82, 2.24) is 9.80 Å². The number of aliphatic imine (C=N–C) groups is 1. The van der Waals surface area contributed by atoms with E-state index >= 15 is 0 Å². The summed E-state index contributed by atoms with van der Waals surface area (Å²) in [6.45, 7) is 11.1. The Morgan fingerprint density at radius 3 is 2.23 bits per heavy atom. The number of alkyl halides is 3. The van der Waals surface area contributed by atoms with E-state index in [-0.39, 0.29) is 17.0 Å². The van der Waals surface area contributed by atoms with E-state index < -0.39 is 12.6 Å². The molecule has 0 aliphatic carbocycles. The second-order valence-electron chi connectivity index (χ2n) is 7.02. The molecule has 1 amide bonds. The molecule has 0 unspecified atom stereocenters. The Morgan fingerprint density at radius 1 is 1.17 bits per heavy atom. The van der Waals surface area contributed by atoms with Crippen molar-refractivity contribution in [3.8, 4) is 0 Å². The van der Waals surface area contributed by atoms with E-state index in [1.165, 1.54) is 12.1 Å². The van der Waals surface area contributed by atoms with Gasteiger partial charge in [0.15, 0.2) is 5.84 Å². The van der Waals surface area contributed by atoms with Crippen LogP contribution in [0.5, 0.6) is 0 Å². The van der Waals surface area contributed by atoms with Crippen molar-refractivity contribution in [1.29, 1.82) is 0 Å². The van der Waals surface area contributed by atoms with Crippen LogP contribution in [0.3, 0.4) is 0 Å². The summed E-state index contributed by atoms with van der Waals surface area (Å²) in [4.78, 5) is 20.1. The minimum absolute atomic E-state index is 0.0570. The first-order chi connectivity index (χ1) is 14.2. The Labute approximate surface area is 175 Å². The van der Waals surface area contributed by atoms with E-state index in [1.807, 2.05) is 11.8 Å². The van der Waals surface area contributed by atoms with Crippen LogP contribution in [0.2, 0.25) is 0 Å². The first-order valence-corrected chi connectivity index (χ1v) is 9.59.